The van der Waals surface area contributed by atoms with E-state index in [1.54, 1.807) is 18.2 Å². The molecule has 0 fully saturated rings. The van der Waals surface area contributed by atoms with Crippen LogP contribution in [-0.4, -0.2) is 18.8 Å². The molecule has 0 radical (unpaired) electrons. The molecule has 1 atom stereocenters. The van der Waals surface area contributed by atoms with E-state index >= 15 is 0 Å². The van der Waals surface area contributed by atoms with Gasteiger partial charge in [-0.3, -0.25) is 0 Å². The maximum atomic E-state index is 14.6. The van der Waals surface area contributed by atoms with Gasteiger partial charge in [-0.2, -0.15) is 22.0 Å². The van der Waals surface area contributed by atoms with Gasteiger partial charge in [0.25, 0.3) is 0 Å². The van der Waals surface area contributed by atoms with Crippen molar-refractivity contribution in [2.45, 2.75) is 44.4 Å². The zero-order chi connectivity index (χ0) is 28.6. The van der Waals surface area contributed by atoms with Crippen molar-refractivity contribution in [1.82, 2.24) is 0 Å². The van der Waals surface area contributed by atoms with E-state index in [4.69, 9.17) is 20.9 Å². The third-order valence-electron chi connectivity index (χ3n) is 5.87. The van der Waals surface area contributed by atoms with Crippen molar-refractivity contribution in [3.05, 3.63) is 95.1 Å². The van der Waals surface area contributed by atoms with Crippen LogP contribution < -0.4 is 16.2 Å². The maximum absolute atomic E-state index is 14.6. The monoisotopic (exact) mass is 548 g/mol. The van der Waals surface area contributed by atoms with Crippen LogP contribution in [-0.2, 0) is 22.1 Å². The molecule has 1 unspecified atom stereocenters. The summed E-state index contributed by atoms with van der Waals surface area (Å²) >= 11 is 0. The van der Waals surface area contributed by atoms with E-state index in [1.807, 2.05) is 6.92 Å². The van der Waals surface area contributed by atoms with Crippen LogP contribution in [0.25, 0.3) is 6.08 Å². The lowest BCUT2D eigenvalue weighted by molar-refractivity contribution is -0.185. The molecule has 0 spiro atoms. The number of benzene rings is 3. The minimum atomic E-state index is -4.23. The molecule has 0 heterocycles. The fourth-order valence-electron chi connectivity index (χ4n) is 3.76. The Morgan fingerprint density at radius 2 is 1.62 bits per heavy atom. The Morgan fingerprint density at radius 1 is 0.949 bits per heavy atom. The lowest BCUT2D eigenvalue weighted by Gasteiger charge is -2.18. The van der Waals surface area contributed by atoms with Gasteiger partial charge in [0, 0.05) is 29.8 Å². The van der Waals surface area contributed by atoms with E-state index in [0.717, 1.165) is 5.56 Å². The van der Waals surface area contributed by atoms with Gasteiger partial charge in [-0.1, -0.05) is 37.3 Å². The molecule has 3 aromatic carbocycles. The number of ether oxygens (including phenoxy) is 2. The zero-order valence-electron chi connectivity index (χ0n) is 21.2. The largest absolute Gasteiger partial charge is 0.462 e. The van der Waals surface area contributed by atoms with Crippen molar-refractivity contribution in [2.75, 3.05) is 18.1 Å². The van der Waals surface area contributed by atoms with Crippen LogP contribution >= 0.6 is 0 Å². The van der Waals surface area contributed by atoms with E-state index in [1.165, 1.54) is 60.7 Å². The number of aryl methyl sites for hydroxylation is 1. The number of hydrogen-bond donors (Lipinski definition) is 2. The van der Waals surface area contributed by atoms with Crippen molar-refractivity contribution in [1.29, 1.82) is 0 Å². The molecular weight excluding hydrogens is 519 g/mol. The lowest BCUT2D eigenvalue weighted by atomic mass is 10.00. The maximum Gasteiger partial charge on any atom is 0.426 e. The normalized spacial score (nSPS) is 12.9. The van der Waals surface area contributed by atoms with Gasteiger partial charge in [-0.05, 0) is 72.0 Å². The predicted molar refractivity (Wildman–Crippen MR) is 140 cm³/mol. The van der Waals surface area contributed by atoms with Gasteiger partial charge in [0.2, 0.25) is 0 Å². The van der Waals surface area contributed by atoms with E-state index in [0.29, 0.717) is 22.5 Å². The molecule has 10 heteroatoms. The number of esters is 1. The molecule has 4 N–H and O–H groups in total. The molecule has 0 aliphatic heterocycles. The van der Waals surface area contributed by atoms with E-state index in [2.05, 4.69) is 0 Å². The second-order valence-electron chi connectivity index (χ2n) is 9.11. The highest BCUT2D eigenvalue weighted by atomic mass is 19.4. The van der Waals surface area contributed by atoms with Crippen LogP contribution in [0.2, 0.25) is 0 Å². The summed E-state index contributed by atoms with van der Waals surface area (Å²) in [6.07, 6.45) is -6.07. The fourth-order valence-corrected chi connectivity index (χ4v) is 3.76. The Kier molecular flexibility index (Phi) is 9.56. The second-order valence-corrected chi connectivity index (χ2v) is 9.11. The second kappa shape index (κ2) is 12.6. The van der Waals surface area contributed by atoms with Crippen molar-refractivity contribution in [2.24, 2.45) is 0 Å². The van der Waals surface area contributed by atoms with Gasteiger partial charge in [0.15, 0.2) is 0 Å². The molecule has 3 rings (SSSR count). The molecule has 208 valence electrons. The Hall–Kier alpha value is -4.08. The first-order valence-electron chi connectivity index (χ1n) is 12.2. The number of rotatable bonds is 11. The summed E-state index contributed by atoms with van der Waals surface area (Å²) in [5.74, 6) is -0.883. The molecule has 0 bridgehead atoms. The molecule has 39 heavy (non-hydrogen) atoms. The zero-order valence-corrected chi connectivity index (χ0v) is 21.2. The summed E-state index contributed by atoms with van der Waals surface area (Å²) in [6.45, 7) is 1.95. The summed E-state index contributed by atoms with van der Waals surface area (Å²) in [7, 11) is 0. The van der Waals surface area contributed by atoms with Gasteiger partial charge in [-0.25, -0.2) is 4.79 Å². The minimum Gasteiger partial charge on any atom is -0.462 e. The predicted octanol–water partition coefficient (Wildman–Crippen LogP) is 7.22. The highest BCUT2D eigenvalue weighted by molar-refractivity contribution is 5.87. The van der Waals surface area contributed by atoms with E-state index in [-0.39, 0.29) is 31.1 Å². The molecule has 5 nitrogen and oxygen atoms in total. The van der Waals surface area contributed by atoms with Crippen LogP contribution in [0.4, 0.5) is 33.3 Å². The van der Waals surface area contributed by atoms with Crippen molar-refractivity contribution in [3.63, 3.8) is 0 Å². The topological polar surface area (TPSA) is 87.6 Å². The fraction of sp³-hybridized carbons (Fsp3) is 0.276. The number of anilines is 2. The summed E-state index contributed by atoms with van der Waals surface area (Å²) in [5.41, 5.74) is 14.2. The molecule has 0 aromatic heterocycles. The number of carbonyl (C=O) groups excluding carboxylic acids is 1. The first-order valence-corrected chi connectivity index (χ1v) is 12.2. The average Bonchev–Trinajstić information content (AvgIpc) is 2.86. The van der Waals surface area contributed by atoms with Gasteiger partial charge < -0.3 is 20.9 Å². The number of hydrogen-bond acceptors (Lipinski definition) is 5. The number of halogens is 5. The summed E-state index contributed by atoms with van der Waals surface area (Å²) in [6, 6.07) is 15.8. The molecular formula is C29H29F5N2O3. The van der Waals surface area contributed by atoms with Crippen LogP contribution in [0.1, 0.15) is 47.9 Å². The summed E-state index contributed by atoms with van der Waals surface area (Å²) in [5, 5.41) is 0. The van der Waals surface area contributed by atoms with Crippen LogP contribution in [0, 0.1) is 0 Å². The number of alkyl halides is 5. The SMILES string of the molecule is CC(COC(=O)/C=C/c1ccc(C(F)(F)Oc2ccc(CCCC(F)(F)F)cc2)cc1)c1ccc(N)cc1N. The van der Waals surface area contributed by atoms with Crippen LogP contribution in [0.3, 0.4) is 0 Å². The van der Waals surface area contributed by atoms with Crippen LogP contribution in [0.5, 0.6) is 5.75 Å². The first kappa shape index (κ1) is 29.5. The minimum absolute atomic E-state index is 0.0871. The van der Waals surface area contributed by atoms with Gasteiger partial charge in [-0.15, -0.1) is 0 Å². The molecule has 0 aliphatic rings. The Labute approximate surface area is 223 Å². The lowest BCUT2D eigenvalue weighted by Crippen LogP contribution is -2.21. The van der Waals surface area contributed by atoms with Crippen molar-refractivity contribution >= 4 is 23.4 Å². The standard InChI is InChI=1S/C29H29F5N2O3/c1-19(25-14-11-23(35)17-26(25)36)18-38-27(37)15-8-21-4-9-22(10-5-21)29(33,34)39-24-12-6-20(7-13-24)3-2-16-28(30,31)32/h4-15,17,19H,2-3,16,18,35-36H2,1H3/b15-8+. The Balaban J connectivity index is 1.51. The summed E-state index contributed by atoms with van der Waals surface area (Å²) < 4.78 is 76.2. The van der Waals surface area contributed by atoms with Crippen LogP contribution in [0.15, 0.2) is 72.8 Å². The Bertz CT molecular complexity index is 1270. The van der Waals surface area contributed by atoms with E-state index < -0.39 is 30.2 Å². The highest BCUT2D eigenvalue weighted by Crippen LogP contribution is 2.32. The Morgan fingerprint density at radius 3 is 2.23 bits per heavy atom. The van der Waals surface area contributed by atoms with Crippen molar-refractivity contribution in [3.8, 4) is 5.75 Å². The molecule has 0 amide bonds. The highest BCUT2D eigenvalue weighted by Gasteiger charge is 2.34. The molecule has 0 saturated carbocycles. The average molecular weight is 549 g/mol. The molecule has 0 aliphatic carbocycles. The number of nitrogen functional groups attached to an aromatic ring is 2. The first-order chi connectivity index (χ1) is 18.3. The third-order valence-corrected chi connectivity index (χ3v) is 5.87. The van der Waals surface area contributed by atoms with Gasteiger partial charge in [0.1, 0.15) is 5.75 Å². The van der Waals surface area contributed by atoms with E-state index in [9.17, 15) is 26.7 Å². The van der Waals surface area contributed by atoms with Gasteiger partial charge in [0.05, 0.1) is 12.2 Å². The quantitative estimate of drug-likeness (QED) is 0.114. The van der Waals surface area contributed by atoms with Gasteiger partial charge >= 0.3 is 18.3 Å². The number of carbonyl (C=O) groups is 1. The number of nitrogens with two attached hydrogens (primary N) is 2. The van der Waals surface area contributed by atoms with Crippen molar-refractivity contribution < 1.29 is 36.2 Å². The smallest absolute Gasteiger partial charge is 0.426 e. The third kappa shape index (κ3) is 9.31. The molecule has 0 saturated heterocycles. The molecule has 3 aromatic rings. The summed E-state index contributed by atoms with van der Waals surface area (Å²) in [4.78, 5) is 12.1.